The number of hydrogen-bond acceptors (Lipinski definition) is 1. The normalized spacial score (nSPS) is 10.8. The second-order valence-corrected chi connectivity index (χ2v) is 5.59. The first kappa shape index (κ1) is 13.1. The number of aromatic nitrogens is 1. The maximum absolute atomic E-state index is 5.36. The predicted octanol–water partition coefficient (Wildman–Crippen LogP) is 5.16. The highest BCUT2D eigenvalue weighted by Gasteiger charge is 2.05. The van der Waals surface area contributed by atoms with Gasteiger partial charge in [-0.1, -0.05) is 55.5 Å². The van der Waals surface area contributed by atoms with Gasteiger partial charge in [-0.3, -0.25) is 0 Å². The average Bonchev–Trinajstić information content (AvgIpc) is 2.95. The molecule has 0 unspecified atom stereocenters. The number of thiocarbonyl (C=S) groups is 1. The smallest absolute Gasteiger partial charge is 0.0460 e. The Labute approximate surface area is 124 Å². The van der Waals surface area contributed by atoms with E-state index in [1.165, 1.54) is 27.6 Å². The molecule has 20 heavy (non-hydrogen) atoms. The minimum atomic E-state index is 0.892. The largest absolute Gasteiger partial charge is 0.361 e. The SMILES string of the molecule is CCC(=S)Cc1cccc(-c2cccc3[nH]ccc23)c1. The fourth-order valence-electron chi connectivity index (χ4n) is 2.54. The van der Waals surface area contributed by atoms with Gasteiger partial charge in [0.15, 0.2) is 0 Å². The Balaban J connectivity index is 2.04. The van der Waals surface area contributed by atoms with Crippen LogP contribution in [0.25, 0.3) is 22.0 Å². The van der Waals surface area contributed by atoms with Gasteiger partial charge >= 0.3 is 0 Å². The molecule has 2 heteroatoms. The highest BCUT2D eigenvalue weighted by atomic mass is 32.1. The zero-order chi connectivity index (χ0) is 13.9. The summed E-state index contributed by atoms with van der Waals surface area (Å²) in [6.45, 7) is 2.12. The van der Waals surface area contributed by atoms with Gasteiger partial charge in [0.2, 0.25) is 0 Å². The van der Waals surface area contributed by atoms with Crippen molar-refractivity contribution < 1.29 is 0 Å². The molecule has 0 radical (unpaired) electrons. The summed E-state index contributed by atoms with van der Waals surface area (Å²) in [4.78, 5) is 4.38. The number of rotatable bonds is 4. The van der Waals surface area contributed by atoms with Crippen molar-refractivity contribution in [3.63, 3.8) is 0 Å². The molecule has 0 amide bonds. The first-order valence-electron chi connectivity index (χ1n) is 6.95. The summed E-state index contributed by atoms with van der Waals surface area (Å²) in [6, 6.07) is 17.2. The van der Waals surface area contributed by atoms with Gasteiger partial charge in [-0.25, -0.2) is 0 Å². The van der Waals surface area contributed by atoms with E-state index in [4.69, 9.17) is 12.2 Å². The second-order valence-electron chi connectivity index (χ2n) is 5.01. The highest BCUT2D eigenvalue weighted by Crippen LogP contribution is 2.28. The molecule has 1 nitrogen and oxygen atoms in total. The molecular weight excluding hydrogens is 262 g/mol. The van der Waals surface area contributed by atoms with Crippen molar-refractivity contribution >= 4 is 28.0 Å². The van der Waals surface area contributed by atoms with Crippen molar-refractivity contribution in [2.75, 3.05) is 0 Å². The first-order valence-corrected chi connectivity index (χ1v) is 7.36. The summed E-state index contributed by atoms with van der Waals surface area (Å²) in [6.07, 6.45) is 3.85. The molecule has 0 bridgehead atoms. The third kappa shape index (κ3) is 2.52. The van der Waals surface area contributed by atoms with Crippen LogP contribution < -0.4 is 0 Å². The summed E-state index contributed by atoms with van der Waals surface area (Å²) in [5, 5.41) is 1.27. The number of H-pyrrole nitrogens is 1. The Morgan fingerprint density at radius 3 is 2.80 bits per heavy atom. The van der Waals surface area contributed by atoms with Crippen LogP contribution in [0.5, 0.6) is 0 Å². The van der Waals surface area contributed by atoms with E-state index >= 15 is 0 Å². The van der Waals surface area contributed by atoms with Gasteiger partial charge in [0, 0.05) is 23.5 Å². The van der Waals surface area contributed by atoms with E-state index in [0.717, 1.165) is 17.7 Å². The van der Waals surface area contributed by atoms with E-state index in [-0.39, 0.29) is 0 Å². The molecular formula is C18H17NS. The summed E-state index contributed by atoms with van der Waals surface area (Å²) in [5.41, 5.74) is 5.00. The molecule has 100 valence electrons. The van der Waals surface area contributed by atoms with Crippen LogP contribution in [-0.2, 0) is 6.42 Å². The lowest BCUT2D eigenvalue weighted by Crippen LogP contribution is -1.97. The number of nitrogens with one attached hydrogen (secondary N) is 1. The van der Waals surface area contributed by atoms with E-state index in [9.17, 15) is 0 Å². The number of hydrogen-bond donors (Lipinski definition) is 1. The topological polar surface area (TPSA) is 15.8 Å². The first-order chi connectivity index (χ1) is 9.78. The van der Waals surface area contributed by atoms with E-state index in [2.05, 4.69) is 60.4 Å². The van der Waals surface area contributed by atoms with Gasteiger partial charge < -0.3 is 4.98 Å². The van der Waals surface area contributed by atoms with Gasteiger partial charge in [-0.15, -0.1) is 0 Å². The van der Waals surface area contributed by atoms with Crippen LogP contribution in [0.1, 0.15) is 18.9 Å². The Bertz CT molecular complexity index is 755. The Kier molecular flexibility index (Phi) is 3.66. The Morgan fingerprint density at radius 1 is 1.10 bits per heavy atom. The van der Waals surface area contributed by atoms with Crippen LogP contribution in [0, 0.1) is 0 Å². The molecule has 0 spiro atoms. The Hall–Kier alpha value is -1.93. The molecule has 0 saturated heterocycles. The van der Waals surface area contributed by atoms with E-state index in [1.54, 1.807) is 0 Å². The van der Waals surface area contributed by atoms with Gasteiger partial charge in [0.1, 0.15) is 0 Å². The molecule has 1 aromatic heterocycles. The summed E-state index contributed by atoms with van der Waals surface area (Å²) in [7, 11) is 0. The molecule has 2 aromatic carbocycles. The molecule has 3 rings (SSSR count). The average molecular weight is 279 g/mol. The lowest BCUT2D eigenvalue weighted by atomic mass is 9.98. The van der Waals surface area contributed by atoms with Crippen molar-refractivity contribution in [1.29, 1.82) is 0 Å². The van der Waals surface area contributed by atoms with E-state index in [1.807, 2.05) is 6.20 Å². The predicted molar refractivity (Wildman–Crippen MR) is 90.3 cm³/mol. The molecule has 1 N–H and O–H groups in total. The summed E-state index contributed by atoms with van der Waals surface area (Å²) in [5.74, 6) is 0. The lowest BCUT2D eigenvalue weighted by molar-refractivity contribution is 1.23. The van der Waals surface area contributed by atoms with Gasteiger partial charge in [-0.2, -0.15) is 0 Å². The number of benzene rings is 2. The van der Waals surface area contributed by atoms with Crippen LogP contribution in [-0.4, -0.2) is 9.85 Å². The summed E-state index contributed by atoms with van der Waals surface area (Å²) < 4.78 is 0. The van der Waals surface area contributed by atoms with Gasteiger partial charge in [-0.05, 0) is 40.1 Å². The standard InChI is InChI=1S/C18H17NS/c1-2-15(20)12-13-5-3-6-14(11-13)16-7-4-8-18-17(16)9-10-19-18/h3-11,19H,2,12H2,1H3. The van der Waals surface area contributed by atoms with Gasteiger partial charge in [0.25, 0.3) is 0 Å². The van der Waals surface area contributed by atoms with Crippen LogP contribution in [0.4, 0.5) is 0 Å². The van der Waals surface area contributed by atoms with Crippen molar-refractivity contribution in [3.05, 3.63) is 60.3 Å². The van der Waals surface area contributed by atoms with Crippen molar-refractivity contribution in [2.45, 2.75) is 19.8 Å². The van der Waals surface area contributed by atoms with Crippen LogP contribution in [0.3, 0.4) is 0 Å². The van der Waals surface area contributed by atoms with Crippen molar-refractivity contribution in [3.8, 4) is 11.1 Å². The third-order valence-electron chi connectivity index (χ3n) is 3.63. The molecule has 0 saturated carbocycles. The maximum Gasteiger partial charge on any atom is 0.0460 e. The molecule has 0 atom stereocenters. The lowest BCUT2D eigenvalue weighted by Gasteiger charge is -2.07. The molecule has 3 aromatic rings. The fraction of sp³-hybridized carbons (Fsp3) is 0.167. The van der Waals surface area contributed by atoms with Gasteiger partial charge in [0.05, 0.1) is 0 Å². The number of fused-ring (bicyclic) bond motifs is 1. The zero-order valence-corrected chi connectivity index (χ0v) is 12.3. The third-order valence-corrected chi connectivity index (χ3v) is 4.06. The molecule has 0 fully saturated rings. The minimum Gasteiger partial charge on any atom is -0.361 e. The van der Waals surface area contributed by atoms with Crippen molar-refractivity contribution in [2.24, 2.45) is 0 Å². The monoisotopic (exact) mass is 279 g/mol. The minimum absolute atomic E-state index is 0.892. The highest BCUT2D eigenvalue weighted by molar-refractivity contribution is 7.80. The fourth-order valence-corrected chi connectivity index (χ4v) is 2.71. The summed E-state index contributed by atoms with van der Waals surface area (Å²) >= 11 is 5.36. The zero-order valence-electron chi connectivity index (χ0n) is 11.5. The molecule has 0 aliphatic rings. The van der Waals surface area contributed by atoms with Crippen LogP contribution in [0.15, 0.2) is 54.7 Å². The molecule has 1 heterocycles. The van der Waals surface area contributed by atoms with Crippen LogP contribution in [0.2, 0.25) is 0 Å². The number of aromatic amines is 1. The van der Waals surface area contributed by atoms with E-state index < -0.39 is 0 Å². The quantitative estimate of drug-likeness (QED) is 0.652. The van der Waals surface area contributed by atoms with Crippen LogP contribution >= 0.6 is 12.2 Å². The molecule has 0 aliphatic heterocycles. The maximum atomic E-state index is 5.36. The molecule has 0 aliphatic carbocycles. The van der Waals surface area contributed by atoms with Crippen molar-refractivity contribution in [1.82, 2.24) is 4.98 Å². The Morgan fingerprint density at radius 2 is 1.95 bits per heavy atom. The van der Waals surface area contributed by atoms with E-state index in [0.29, 0.717) is 0 Å². The second kappa shape index (κ2) is 5.59.